The molecule has 1 aliphatic heterocycles. The van der Waals surface area contributed by atoms with Gasteiger partial charge in [0, 0.05) is 12.7 Å². The van der Waals surface area contributed by atoms with E-state index in [4.69, 9.17) is 22.1 Å². The van der Waals surface area contributed by atoms with E-state index < -0.39 is 48.9 Å². The molecule has 138 valence electrons. The van der Waals surface area contributed by atoms with E-state index in [2.05, 4.69) is 4.98 Å². The molecule has 5 N–H and O–H groups in total. The van der Waals surface area contributed by atoms with E-state index in [0.717, 1.165) is 10.8 Å². The van der Waals surface area contributed by atoms with Crippen molar-refractivity contribution in [3.63, 3.8) is 0 Å². The maximum absolute atomic E-state index is 12.2. The van der Waals surface area contributed by atoms with Crippen molar-refractivity contribution in [1.29, 1.82) is 0 Å². The normalized spacial score (nSPS) is 20.5. The summed E-state index contributed by atoms with van der Waals surface area (Å²) in [7, 11) is 0. The van der Waals surface area contributed by atoms with E-state index in [1.165, 1.54) is 5.32 Å². The second-order valence-electron chi connectivity index (χ2n) is 4.92. The van der Waals surface area contributed by atoms with Crippen molar-refractivity contribution < 1.29 is 38.0 Å². The number of hydrogen-bond donors (Lipinski definition) is 5. The van der Waals surface area contributed by atoms with Crippen molar-refractivity contribution >= 4 is 18.1 Å². The Kier molecular flexibility index (Phi) is 5.20. The van der Waals surface area contributed by atoms with E-state index in [1.54, 1.807) is 0 Å². The first kappa shape index (κ1) is 19.0. The molecule has 0 saturated carbocycles. The number of H-pyrrole nitrogens is 1. The second-order valence-corrected chi connectivity index (χ2v) is 5.31. The third kappa shape index (κ3) is 3.83. The van der Waals surface area contributed by atoms with Gasteiger partial charge in [-0.3, -0.25) is 19.1 Å². The lowest BCUT2D eigenvalue weighted by Crippen LogP contribution is -2.38. The molecule has 1 aromatic rings. The molecule has 2 atom stereocenters. The lowest BCUT2D eigenvalue weighted by molar-refractivity contribution is -0.173. The van der Waals surface area contributed by atoms with Gasteiger partial charge >= 0.3 is 12.1 Å². The molecule has 1 aromatic heterocycles. The van der Waals surface area contributed by atoms with Crippen molar-refractivity contribution in [2.24, 2.45) is 0 Å². The fraction of sp³-hybridized carbons (Fsp3) is 0.417. The maximum atomic E-state index is 12.2. The van der Waals surface area contributed by atoms with Crippen LogP contribution >= 0.6 is 12.2 Å². The first-order chi connectivity index (χ1) is 11.6. The van der Waals surface area contributed by atoms with Gasteiger partial charge in [-0.2, -0.15) is 13.2 Å². The van der Waals surface area contributed by atoms with Crippen LogP contribution in [-0.2, 0) is 16.1 Å². The summed E-state index contributed by atoms with van der Waals surface area (Å²) in [6.07, 6.45) is -7.13. The molecule has 0 aliphatic carbocycles. The fourth-order valence-electron chi connectivity index (χ4n) is 2.02. The molecule has 0 fully saturated rings. The molecule has 1 unspecified atom stereocenters. The first-order valence-corrected chi connectivity index (χ1v) is 7.04. The number of aliphatic hydroxyl groups is 3. The zero-order valence-electron chi connectivity index (χ0n) is 12.2. The number of aromatic nitrogens is 2. The summed E-state index contributed by atoms with van der Waals surface area (Å²) >= 11 is 4.88. The third-order valence-corrected chi connectivity index (χ3v) is 3.57. The van der Waals surface area contributed by atoms with Crippen molar-refractivity contribution in [2.75, 3.05) is 6.61 Å². The zero-order chi connectivity index (χ0) is 18.9. The van der Waals surface area contributed by atoms with E-state index in [0.29, 0.717) is 0 Å². The third-order valence-electron chi connectivity index (χ3n) is 3.26. The van der Waals surface area contributed by atoms with Crippen LogP contribution in [0.2, 0.25) is 0 Å². The number of aliphatic hydroxyl groups excluding tert-OH is 3. The van der Waals surface area contributed by atoms with Gasteiger partial charge < -0.3 is 25.4 Å². The van der Waals surface area contributed by atoms with Crippen LogP contribution in [0.5, 0.6) is 0 Å². The lowest BCUT2D eigenvalue weighted by atomic mass is 10.2. The topological polar surface area (TPSA) is 137 Å². The van der Waals surface area contributed by atoms with E-state index in [-0.39, 0.29) is 16.1 Å². The molecule has 0 spiro atoms. The quantitative estimate of drug-likeness (QED) is 0.452. The molecule has 0 aromatic carbocycles. The van der Waals surface area contributed by atoms with Crippen LogP contribution in [-0.4, -0.2) is 49.7 Å². The summed E-state index contributed by atoms with van der Waals surface area (Å²) in [5, 5.41) is 30.0. The molecule has 0 radical (unpaired) electrons. The molecule has 25 heavy (non-hydrogen) atoms. The van der Waals surface area contributed by atoms with Gasteiger partial charge in [-0.05, 0) is 12.2 Å². The Morgan fingerprint density at radius 3 is 2.64 bits per heavy atom. The molecule has 0 bridgehead atoms. The molecule has 13 heteroatoms. The molecule has 2 heterocycles. The predicted molar refractivity (Wildman–Crippen MR) is 76.7 cm³/mol. The number of halogens is 3. The van der Waals surface area contributed by atoms with Crippen molar-refractivity contribution in [3.8, 4) is 0 Å². The Hall–Kier alpha value is -2.38. The second kappa shape index (κ2) is 6.85. The number of amides is 1. The van der Waals surface area contributed by atoms with Gasteiger partial charge in [0.05, 0.1) is 5.56 Å². The highest BCUT2D eigenvalue weighted by Gasteiger charge is 2.39. The largest absolute Gasteiger partial charge is 0.506 e. The van der Waals surface area contributed by atoms with E-state index >= 15 is 0 Å². The van der Waals surface area contributed by atoms with Gasteiger partial charge in [0.2, 0.25) is 6.23 Å². The fourth-order valence-corrected chi connectivity index (χ4v) is 2.26. The SMILES string of the molecule is O=C(NCc1cn([C@@H]2OC(CO)=C(O)C2O)c(=S)[nH]c1=O)C(F)(F)F. The average molecular weight is 383 g/mol. The van der Waals surface area contributed by atoms with Crippen molar-refractivity contribution in [3.05, 3.63) is 38.4 Å². The highest BCUT2D eigenvalue weighted by atomic mass is 32.1. The Morgan fingerprint density at radius 2 is 2.12 bits per heavy atom. The standard InChI is InChI=1S/C12H12F3N3O6S/c13-12(14,15)10(23)16-1-4-2-18(11(25)17-8(4)22)9-7(21)6(20)5(3-19)24-9/h2,7,9,19-21H,1,3H2,(H,16,23)(H,17,22,25)/t7?,9-/m1/s1. The lowest BCUT2D eigenvalue weighted by Gasteiger charge is -2.19. The highest BCUT2D eigenvalue weighted by molar-refractivity contribution is 7.71. The monoisotopic (exact) mass is 383 g/mol. The van der Waals surface area contributed by atoms with Crippen LogP contribution < -0.4 is 10.9 Å². The number of carbonyl (C=O) groups excluding carboxylic acids is 1. The van der Waals surface area contributed by atoms with E-state index in [9.17, 15) is 33.0 Å². The Balaban J connectivity index is 2.29. The summed E-state index contributed by atoms with van der Waals surface area (Å²) in [6.45, 7) is -1.48. The van der Waals surface area contributed by atoms with Gasteiger partial charge in [0.1, 0.15) is 6.61 Å². The Bertz CT molecular complexity index is 831. The number of aromatic amines is 1. The number of nitrogens with one attached hydrogen (secondary N) is 2. The van der Waals surface area contributed by atoms with Gasteiger partial charge in [-0.25, -0.2) is 0 Å². The summed E-state index contributed by atoms with van der Waals surface area (Å²) < 4.78 is 42.4. The number of nitrogens with zero attached hydrogens (tertiary/aromatic N) is 1. The molecule has 2 rings (SSSR count). The van der Waals surface area contributed by atoms with Crippen LogP contribution in [0.4, 0.5) is 13.2 Å². The minimum atomic E-state index is -5.11. The summed E-state index contributed by atoms with van der Waals surface area (Å²) in [6, 6.07) is 0. The molecule has 1 aliphatic rings. The molecular formula is C12H12F3N3O6S. The first-order valence-electron chi connectivity index (χ1n) is 6.63. The maximum Gasteiger partial charge on any atom is 0.471 e. The summed E-state index contributed by atoms with van der Waals surface area (Å²) in [5.74, 6) is -3.20. The average Bonchev–Trinajstić information content (AvgIpc) is 2.81. The minimum absolute atomic E-state index is 0.257. The molecular weight excluding hydrogens is 371 g/mol. The van der Waals surface area contributed by atoms with Gasteiger partial charge in [-0.15, -0.1) is 0 Å². The number of rotatable bonds is 4. The van der Waals surface area contributed by atoms with Crippen LogP contribution in [0, 0.1) is 4.77 Å². The smallest absolute Gasteiger partial charge is 0.471 e. The van der Waals surface area contributed by atoms with Crippen molar-refractivity contribution in [1.82, 2.24) is 14.9 Å². The molecule has 0 saturated heterocycles. The van der Waals surface area contributed by atoms with Gasteiger partial charge in [0.25, 0.3) is 5.56 Å². The van der Waals surface area contributed by atoms with Crippen molar-refractivity contribution in [2.45, 2.75) is 25.1 Å². The van der Waals surface area contributed by atoms with Crippen LogP contribution in [0.1, 0.15) is 11.8 Å². The number of hydrogen-bond acceptors (Lipinski definition) is 7. The number of carbonyl (C=O) groups is 1. The minimum Gasteiger partial charge on any atom is -0.506 e. The molecule has 1 amide bonds. The Morgan fingerprint density at radius 1 is 1.48 bits per heavy atom. The number of alkyl halides is 3. The van der Waals surface area contributed by atoms with Gasteiger partial charge in [-0.1, -0.05) is 0 Å². The number of ether oxygens (including phenoxy) is 1. The van der Waals surface area contributed by atoms with Crippen LogP contribution in [0.15, 0.2) is 22.5 Å². The van der Waals surface area contributed by atoms with Crippen LogP contribution in [0.3, 0.4) is 0 Å². The summed E-state index contributed by atoms with van der Waals surface area (Å²) in [5.41, 5.74) is -1.16. The van der Waals surface area contributed by atoms with Gasteiger partial charge in [0.15, 0.2) is 22.4 Å². The highest BCUT2D eigenvalue weighted by Crippen LogP contribution is 2.31. The Labute approximate surface area is 142 Å². The molecule has 9 nitrogen and oxygen atoms in total. The zero-order valence-corrected chi connectivity index (χ0v) is 13.0. The van der Waals surface area contributed by atoms with Crippen LogP contribution in [0.25, 0.3) is 0 Å². The summed E-state index contributed by atoms with van der Waals surface area (Å²) in [4.78, 5) is 24.7. The van der Waals surface area contributed by atoms with E-state index in [1.807, 2.05) is 0 Å². The predicted octanol–water partition coefficient (Wildman–Crippen LogP) is -0.264.